The first-order valence-electron chi connectivity index (χ1n) is 9.19. The van der Waals surface area contributed by atoms with Gasteiger partial charge in [-0.15, -0.1) is 0 Å². The van der Waals surface area contributed by atoms with Gasteiger partial charge in [-0.3, -0.25) is 14.6 Å². The molecule has 0 radical (unpaired) electrons. The van der Waals surface area contributed by atoms with Crippen LogP contribution < -0.4 is 0 Å². The quantitative estimate of drug-likeness (QED) is 0.868. The maximum absolute atomic E-state index is 13.1. The number of amides is 2. The van der Waals surface area contributed by atoms with E-state index in [1.165, 1.54) is 4.90 Å². The zero-order chi connectivity index (χ0) is 19.6. The van der Waals surface area contributed by atoms with Crippen molar-refractivity contribution in [1.82, 2.24) is 24.8 Å². The van der Waals surface area contributed by atoms with Gasteiger partial charge in [-0.1, -0.05) is 13.8 Å². The van der Waals surface area contributed by atoms with Crippen LogP contribution in [0, 0.1) is 17.2 Å². The molecule has 142 valence electrons. The molecule has 8 nitrogen and oxygen atoms in total. The molecule has 2 aromatic rings. The van der Waals surface area contributed by atoms with Crippen LogP contribution in [0.15, 0.2) is 18.5 Å². The van der Waals surface area contributed by atoms with E-state index in [0.29, 0.717) is 36.2 Å². The predicted molar refractivity (Wildman–Crippen MR) is 99.6 cm³/mol. The van der Waals surface area contributed by atoms with Crippen molar-refractivity contribution >= 4 is 23.0 Å². The van der Waals surface area contributed by atoms with Gasteiger partial charge in [0.1, 0.15) is 23.3 Å². The van der Waals surface area contributed by atoms with Crippen molar-refractivity contribution in [3.8, 4) is 6.07 Å². The average molecular weight is 368 g/mol. The van der Waals surface area contributed by atoms with E-state index in [1.54, 1.807) is 30.4 Å². The molecule has 3 heterocycles. The highest BCUT2D eigenvalue weighted by Crippen LogP contribution is 2.23. The smallest absolute Gasteiger partial charge is 0.270 e. The fraction of sp³-hybridized carbons (Fsp3) is 0.526. The average Bonchev–Trinajstić information content (AvgIpc) is 3.30. The summed E-state index contributed by atoms with van der Waals surface area (Å²) in [6.07, 6.45) is 5.15. The summed E-state index contributed by atoms with van der Waals surface area (Å²) in [5, 5.41) is 9.31. The van der Waals surface area contributed by atoms with Gasteiger partial charge in [0.15, 0.2) is 5.65 Å². The van der Waals surface area contributed by atoms with E-state index in [1.807, 2.05) is 13.8 Å². The Labute approximate surface area is 158 Å². The van der Waals surface area contributed by atoms with Crippen molar-refractivity contribution in [1.29, 1.82) is 5.26 Å². The Morgan fingerprint density at radius 1 is 1.41 bits per heavy atom. The monoisotopic (exact) mass is 368 g/mol. The maximum Gasteiger partial charge on any atom is 0.270 e. The number of nitriles is 1. The number of nitrogens with zero attached hydrogens (tertiary/aromatic N) is 5. The zero-order valence-corrected chi connectivity index (χ0v) is 15.8. The lowest BCUT2D eigenvalue weighted by molar-refractivity contribution is -0.136. The van der Waals surface area contributed by atoms with Crippen molar-refractivity contribution in [2.75, 3.05) is 13.6 Å². The fourth-order valence-electron chi connectivity index (χ4n) is 3.53. The summed E-state index contributed by atoms with van der Waals surface area (Å²) < 4.78 is 0. The number of aromatic nitrogens is 3. The van der Waals surface area contributed by atoms with E-state index < -0.39 is 12.1 Å². The molecular formula is C19H24N6O2. The Balaban J connectivity index is 1.86. The third-order valence-corrected chi connectivity index (χ3v) is 4.94. The molecule has 1 fully saturated rings. The Bertz CT molecular complexity index is 851. The van der Waals surface area contributed by atoms with Gasteiger partial charge in [-0.05, 0) is 31.2 Å². The number of nitrogens with one attached hydrogen (secondary N) is 1. The van der Waals surface area contributed by atoms with E-state index in [0.717, 1.165) is 6.42 Å². The highest BCUT2D eigenvalue weighted by molar-refractivity contribution is 5.99. The first-order chi connectivity index (χ1) is 12.9. The van der Waals surface area contributed by atoms with E-state index >= 15 is 0 Å². The molecule has 2 amide bonds. The Hall–Kier alpha value is -2.95. The zero-order valence-electron chi connectivity index (χ0n) is 15.8. The minimum atomic E-state index is -0.612. The number of aromatic amines is 1. The molecule has 0 bridgehead atoms. The van der Waals surface area contributed by atoms with E-state index in [9.17, 15) is 14.9 Å². The number of rotatable bonds is 5. The molecule has 8 heteroatoms. The lowest BCUT2D eigenvalue weighted by Crippen LogP contribution is -2.51. The van der Waals surface area contributed by atoms with Gasteiger partial charge in [-0.2, -0.15) is 5.26 Å². The summed E-state index contributed by atoms with van der Waals surface area (Å²) in [6, 6.07) is 2.83. The molecule has 27 heavy (non-hydrogen) atoms. The highest BCUT2D eigenvalue weighted by Gasteiger charge is 2.37. The number of hydrogen-bond donors (Lipinski definition) is 1. The first-order valence-corrected chi connectivity index (χ1v) is 9.19. The molecule has 2 aromatic heterocycles. The fourth-order valence-corrected chi connectivity index (χ4v) is 3.53. The predicted octanol–water partition coefficient (Wildman–Crippen LogP) is 1.96. The summed E-state index contributed by atoms with van der Waals surface area (Å²) in [6.45, 7) is 4.59. The van der Waals surface area contributed by atoms with Crippen LogP contribution >= 0.6 is 0 Å². The molecule has 3 rings (SSSR count). The van der Waals surface area contributed by atoms with Crippen LogP contribution in [0.2, 0.25) is 0 Å². The Morgan fingerprint density at radius 2 is 2.15 bits per heavy atom. The second kappa shape index (κ2) is 7.74. The lowest BCUT2D eigenvalue weighted by atomic mass is 10.0. The first kappa shape index (κ1) is 18.8. The van der Waals surface area contributed by atoms with E-state index in [2.05, 4.69) is 21.0 Å². The van der Waals surface area contributed by atoms with Crippen molar-refractivity contribution in [2.45, 2.75) is 45.2 Å². The number of carbonyl (C=O) groups excluding carboxylic acids is 2. The molecule has 0 saturated carbocycles. The summed E-state index contributed by atoms with van der Waals surface area (Å²) in [4.78, 5) is 40.6. The summed E-state index contributed by atoms with van der Waals surface area (Å²) in [5.74, 6) is -0.221. The van der Waals surface area contributed by atoms with Gasteiger partial charge < -0.3 is 14.8 Å². The van der Waals surface area contributed by atoms with Crippen LogP contribution in [0.1, 0.15) is 43.6 Å². The van der Waals surface area contributed by atoms with Gasteiger partial charge in [-0.25, -0.2) is 4.98 Å². The summed E-state index contributed by atoms with van der Waals surface area (Å²) in [5.41, 5.74) is 1.48. The number of H-pyrrole nitrogens is 1. The molecule has 0 aromatic carbocycles. The van der Waals surface area contributed by atoms with Gasteiger partial charge in [0.25, 0.3) is 5.91 Å². The van der Waals surface area contributed by atoms with Gasteiger partial charge >= 0.3 is 0 Å². The topological polar surface area (TPSA) is 106 Å². The van der Waals surface area contributed by atoms with Crippen molar-refractivity contribution in [3.05, 3.63) is 24.2 Å². The number of carbonyl (C=O) groups is 2. The minimum Gasteiger partial charge on any atom is -0.334 e. The molecule has 2 atom stereocenters. The minimum absolute atomic E-state index is 0.157. The van der Waals surface area contributed by atoms with Crippen molar-refractivity contribution in [3.63, 3.8) is 0 Å². The summed E-state index contributed by atoms with van der Waals surface area (Å²) in [7, 11) is 1.64. The molecule has 2 unspecified atom stereocenters. The maximum atomic E-state index is 13.1. The van der Waals surface area contributed by atoms with Crippen LogP contribution in [0.5, 0.6) is 0 Å². The second-order valence-electron chi connectivity index (χ2n) is 7.35. The number of likely N-dealkylation sites (N-methyl/N-ethyl adjacent to an activating group) is 1. The largest absolute Gasteiger partial charge is 0.334 e. The molecular weight excluding hydrogens is 344 g/mol. The molecule has 1 saturated heterocycles. The van der Waals surface area contributed by atoms with Crippen molar-refractivity contribution < 1.29 is 9.59 Å². The molecule has 0 aliphatic carbocycles. The Morgan fingerprint density at radius 3 is 2.81 bits per heavy atom. The molecule has 1 aliphatic heterocycles. The second-order valence-corrected chi connectivity index (χ2v) is 7.35. The van der Waals surface area contributed by atoms with Crippen LogP contribution in [0.4, 0.5) is 0 Å². The molecule has 0 spiro atoms. The third kappa shape index (κ3) is 3.77. The standard InChI is InChI=1S/C19H24N6O2/c1-12(2)9-16(19(27)25-8-4-5-13(25)11-20)24(3)18(26)15-10-14-17(23-15)22-7-6-21-14/h6-7,10,12-13,16H,4-5,8-9H2,1-3H3,(H,22,23). The van der Waals surface area contributed by atoms with Crippen LogP contribution in [-0.4, -0.2) is 62.2 Å². The lowest BCUT2D eigenvalue weighted by Gasteiger charge is -2.32. The van der Waals surface area contributed by atoms with E-state index in [4.69, 9.17) is 0 Å². The number of fused-ring (bicyclic) bond motifs is 1. The molecule has 1 N–H and O–H groups in total. The Kier molecular flexibility index (Phi) is 5.40. The van der Waals surface area contributed by atoms with Gasteiger partial charge in [0.05, 0.1) is 6.07 Å². The van der Waals surface area contributed by atoms with Crippen LogP contribution in [-0.2, 0) is 4.79 Å². The van der Waals surface area contributed by atoms with Gasteiger partial charge in [0.2, 0.25) is 5.91 Å². The number of likely N-dealkylation sites (tertiary alicyclic amines) is 1. The highest BCUT2D eigenvalue weighted by atomic mass is 16.2. The van der Waals surface area contributed by atoms with E-state index in [-0.39, 0.29) is 17.7 Å². The normalized spacial score (nSPS) is 17.9. The SMILES string of the molecule is CC(C)CC(C(=O)N1CCCC1C#N)N(C)C(=O)c1cc2nccnc2[nH]1. The van der Waals surface area contributed by atoms with Crippen LogP contribution in [0.25, 0.3) is 11.2 Å². The van der Waals surface area contributed by atoms with Gasteiger partial charge in [0, 0.05) is 26.0 Å². The third-order valence-electron chi connectivity index (χ3n) is 4.94. The summed E-state index contributed by atoms with van der Waals surface area (Å²) >= 11 is 0. The van der Waals surface area contributed by atoms with Crippen LogP contribution in [0.3, 0.4) is 0 Å². The number of hydrogen-bond acceptors (Lipinski definition) is 5. The van der Waals surface area contributed by atoms with Crippen molar-refractivity contribution in [2.24, 2.45) is 5.92 Å². The molecule has 1 aliphatic rings.